The summed E-state index contributed by atoms with van der Waals surface area (Å²) in [5, 5.41) is 7.41. The van der Waals surface area contributed by atoms with Gasteiger partial charge in [-0.15, -0.1) is 0 Å². The minimum Gasteiger partial charge on any atom is -0.357 e. The monoisotopic (exact) mass is 454 g/mol. The standard InChI is InChI=1S/C26H26N6O2/c1-16-3-2-4-18(11-16)26(8-9-26)31-23-25(34)32-20(15-28-23)5-6-22(32)24(33)29-14-19-12-17-13-27-10-7-21(17)30-19/h2-4,7,10-13,15,22,30H,5-6,8-9,14H2,1H3,(H,28,31)(H,29,33). The maximum Gasteiger partial charge on any atom is 0.294 e. The Morgan fingerprint density at radius 2 is 2.12 bits per heavy atom. The van der Waals surface area contributed by atoms with E-state index in [4.69, 9.17) is 0 Å². The Labute approximate surface area is 196 Å². The van der Waals surface area contributed by atoms with E-state index in [1.165, 1.54) is 11.1 Å². The number of hydrogen-bond acceptors (Lipinski definition) is 5. The second kappa shape index (κ2) is 7.83. The van der Waals surface area contributed by atoms with Crippen molar-refractivity contribution in [3.63, 3.8) is 0 Å². The molecule has 1 aliphatic carbocycles. The number of hydrogen-bond donors (Lipinski definition) is 3. The van der Waals surface area contributed by atoms with Gasteiger partial charge in [0.25, 0.3) is 5.56 Å². The van der Waals surface area contributed by atoms with Gasteiger partial charge in [0, 0.05) is 40.9 Å². The van der Waals surface area contributed by atoms with Gasteiger partial charge in [-0.05, 0) is 50.3 Å². The van der Waals surface area contributed by atoms with Crippen LogP contribution in [0.3, 0.4) is 0 Å². The topological polar surface area (TPSA) is 105 Å². The summed E-state index contributed by atoms with van der Waals surface area (Å²) in [6, 6.07) is 11.7. The number of H-pyrrole nitrogens is 1. The largest absolute Gasteiger partial charge is 0.357 e. The lowest BCUT2D eigenvalue weighted by Gasteiger charge is -2.20. The summed E-state index contributed by atoms with van der Waals surface area (Å²) >= 11 is 0. The highest BCUT2D eigenvalue weighted by Crippen LogP contribution is 2.47. The Balaban J connectivity index is 1.22. The van der Waals surface area contributed by atoms with Crippen LogP contribution in [-0.2, 0) is 23.3 Å². The zero-order valence-electron chi connectivity index (χ0n) is 19.0. The van der Waals surface area contributed by atoms with Gasteiger partial charge < -0.3 is 15.6 Å². The van der Waals surface area contributed by atoms with Crippen LogP contribution in [0.15, 0.2) is 59.8 Å². The van der Waals surface area contributed by atoms with Crippen LogP contribution in [0.1, 0.15) is 47.8 Å². The zero-order chi connectivity index (χ0) is 23.3. The van der Waals surface area contributed by atoms with Crippen molar-refractivity contribution < 1.29 is 4.79 Å². The summed E-state index contributed by atoms with van der Waals surface area (Å²) < 4.78 is 1.62. The molecule has 1 amide bonds. The average Bonchev–Trinajstić information content (AvgIpc) is 3.30. The predicted molar refractivity (Wildman–Crippen MR) is 130 cm³/mol. The third-order valence-corrected chi connectivity index (χ3v) is 6.97. The molecule has 8 heteroatoms. The maximum absolute atomic E-state index is 13.4. The summed E-state index contributed by atoms with van der Waals surface area (Å²) in [5.74, 6) is 0.153. The number of aromatic nitrogens is 4. The zero-order valence-corrected chi connectivity index (χ0v) is 19.0. The van der Waals surface area contributed by atoms with Gasteiger partial charge in [0.15, 0.2) is 5.82 Å². The maximum atomic E-state index is 13.4. The Morgan fingerprint density at radius 3 is 2.91 bits per heavy atom. The molecule has 172 valence electrons. The number of nitrogens with zero attached hydrogens (tertiary/aromatic N) is 3. The molecule has 0 radical (unpaired) electrons. The summed E-state index contributed by atoms with van der Waals surface area (Å²) in [5.41, 5.74) is 4.54. The molecule has 1 atom stereocenters. The molecule has 1 saturated carbocycles. The number of carbonyl (C=O) groups excluding carboxylic acids is 1. The summed E-state index contributed by atoms with van der Waals surface area (Å²) in [6.07, 6.45) is 8.39. The van der Waals surface area contributed by atoms with Crippen molar-refractivity contribution >= 4 is 22.6 Å². The number of rotatable bonds is 6. The lowest BCUT2D eigenvalue weighted by Crippen LogP contribution is -2.37. The molecule has 1 fully saturated rings. The van der Waals surface area contributed by atoms with E-state index in [2.05, 4.69) is 50.7 Å². The lowest BCUT2D eigenvalue weighted by atomic mass is 10.0. The fraction of sp³-hybridized carbons (Fsp3) is 0.308. The molecule has 1 unspecified atom stereocenters. The van der Waals surface area contributed by atoms with E-state index < -0.39 is 6.04 Å². The molecule has 6 rings (SSSR count). The van der Waals surface area contributed by atoms with Crippen molar-refractivity contribution in [3.8, 4) is 0 Å². The van der Waals surface area contributed by atoms with E-state index in [1.807, 2.05) is 18.2 Å². The first-order chi connectivity index (χ1) is 16.5. The number of aryl methyl sites for hydroxylation is 2. The molecule has 8 nitrogen and oxygen atoms in total. The Bertz CT molecular complexity index is 1430. The minimum absolute atomic E-state index is 0.158. The first-order valence-electron chi connectivity index (χ1n) is 11.7. The normalized spacial score (nSPS) is 18.0. The highest BCUT2D eigenvalue weighted by Gasteiger charge is 2.45. The number of aromatic amines is 1. The second-order valence-corrected chi connectivity index (χ2v) is 9.38. The van der Waals surface area contributed by atoms with Crippen LogP contribution in [0.5, 0.6) is 0 Å². The van der Waals surface area contributed by atoms with Crippen LogP contribution in [0.4, 0.5) is 5.82 Å². The molecule has 34 heavy (non-hydrogen) atoms. The molecular weight excluding hydrogens is 428 g/mol. The fourth-order valence-corrected chi connectivity index (χ4v) is 4.98. The average molecular weight is 455 g/mol. The molecule has 0 bridgehead atoms. The molecule has 3 aromatic heterocycles. The highest BCUT2D eigenvalue weighted by molar-refractivity contribution is 5.82. The summed E-state index contributed by atoms with van der Waals surface area (Å²) in [4.78, 5) is 38.4. The quantitative estimate of drug-likeness (QED) is 0.415. The molecule has 4 aromatic rings. The number of fused-ring (bicyclic) bond motifs is 2. The first kappa shape index (κ1) is 20.7. The Kier molecular flexibility index (Phi) is 4.76. The van der Waals surface area contributed by atoms with Crippen molar-refractivity contribution in [3.05, 3.63) is 87.9 Å². The predicted octanol–water partition coefficient (Wildman–Crippen LogP) is 3.33. The van der Waals surface area contributed by atoms with Crippen LogP contribution in [-0.4, -0.2) is 25.4 Å². The molecular formula is C26H26N6O2. The fourth-order valence-electron chi connectivity index (χ4n) is 4.98. The van der Waals surface area contributed by atoms with E-state index in [0.29, 0.717) is 25.2 Å². The number of nitrogens with one attached hydrogen (secondary N) is 3. The molecule has 3 N–H and O–H groups in total. The van der Waals surface area contributed by atoms with E-state index >= 15 is 0 Å². The number of carbonyl (C=O) groups is 1. The van der Waals surface area contributed by atoms with Gasteiger partial charge in [0.1, 0.15) is 6.04 Å². The highest BCUT2D eigenvalue weighted by atomic mass is 16.2. The first-order valence-corrected chi connectivity index (χ1v) is 11.7. The van der Waals surface area contributed by atoms with Gasteiger partial charge in [0.2, 0.25) is 5.91 Å². The van der Waals surface area contributed by atoms with Gasteiger partial charge in [0.05, 0.1) is 12.1 Å². The third kappa shape index (κ3) is 3.55. The molecule has 1 aliphatic heterocycles. The molecule has 1 aromatic carbocycles. The number of amides is 1. The summed E-state index contributed by atoms with van der Waals surface area (Å²) in [6.45, 7) is 2.43. The SMILES string of the molecule is Cc1cccc(C2(Nc3ncc4n(c3=O)C(C(=O)NCc3cc5cnccc5[nH]3)CC4)CC2)c1. The van der Waals surface area contributed by atoms with Crippen molar-refractivity contribution in [1.82, 2.24) is 24.8 Å². The second-order valence-electron chi connectivity index (χ2n) is 9.38. The smallest absolute Gasteiger partial charge is 0.294 e. The molecule has 4 heterocycles. The van der Waals surface area contributed by atoms with Gasteiger partial charge in [-0.2, -0.15) is 0 Å². The number of pyridine rings is 1. The van der Waals surface area contributed by atoms with Gasteiger partial charge in [-0.25, -0.2) is 4.98 Å². The van der Waals surface area contributed by atoms with Gasteiger partial charge in [-0.3, -0.25) is 19.1 Å². The van der Waals surface area contributed by atoms with E-state index in [9.17, 15) is 9.59 Å². The van der Waals surface area contributed by atoms with E-state index in [1.54, 1.807) is 23.2 Å². The lowest BCUT2D eigenvalue weighted by molar-refractivity contribution is -0.124. The van der Waals surface area contributed by atoms with Crippen molar-refractivity contribution in [2.45, 2.75) is 50.7 Å². The minimum atomic E-state index is -0.536. The summed E-state index contributed by atoms with van der Waals surface area (Å²) in [7, 11) is 0. The van der Waals surface area contributed by atoms with Crippen LogP contribution < -0.4 is 16.2 Å². The van der Waals surface area contributed by atoms with E-state index in [0.717, 1.165) is 35.1 Å². The number of benzene rings is 1. The number of anilines is 1. The van der Waals surface area contributed by atoms with Gasteiger partial charge >= 0.3 is 0 Å². The Hall–Kier alpha value is -3.94. The Morgan fingerprint density at radius 1 is 1.24 bits per heavy atom. The molecule has 2 aliphatic rings. The molecule has 0 spiro atoms. The van der Waals surface area contributed by atoms with Gasteiger partial charge in [-0.1, -0.05) is 29.8 Å². The van der Waals surface area contributed by atoms with Crippen molar-refractivity contribution in [2.24, 2.45) is 0 Å². The van der Waals surface area contributed by atoms with Crippen LogP contribution in [0, 0.1) is 6.92 Å². The van der Waals surface area contributed by atoms with Crippen molar-refractivity contribution in [2.75, 3.05) is 5.32 Å². The van der Waals surface area contributed by atoms with E-state index in [-0.39, 0.29) is 17.0 Å². The van der Waals surface area contributed by atoms with Crippen LogP contribution >= 0.6 is 0 Å². The van der Waals surface area contributed by atoms with Crippen LogP contribution in [0.2, 0.25) is 0 Å². The third-order valence-electron chi connectivity index (χ3n) is 6.97. The van der Waals surface area contributed by atoms with Crippen LogP contribution in [0.25, 0.3) is 10.9 Å². The molecule has 0 saturated heterocycles. The van der Waals surface area contributed by atoms with Crippen molar-refractivity contribution in [1.29, 1.82) is 0 Å².